The van der Waals surface area contributed by atoms with Gasteiger partial charge in [0.1, 0.15) is 22.7 Å². The number of cyclic esters (lactones) is 1. The lowest BCUT2D eigenvalue weighted by atomic mass is 10.2. The minimum atomic E-state index is -0.154. The van der Waals surface area contributed by atoms with E-state index in [1.165, 1.54) is 18.1 Å². The Morgan fingerprint density at radius 2 is 2.17 bits per heavy atom. The molecular weight excluding hydrogens is 248 g/mol. The van der Waals surface area contributed by atoms with Gasteiger partial charge in [-0.25, -0.2) is 9.97 Å². The van der Waals surface area contributed by atoms with Gasteiger partial charge in [-0.1, -0.05) is 30.0 Å². The summed E-state index contributed by atoms with van der Waals surface area (Å²) in [6.07, 6.45) is 2.28. The van der Waals surface area contributed by atoms with Crippen LogP contribution in [0.3, 0.4) is 0 Å². The molecule has 5 heteroatoms. The number of thioether (sulfide) groups is 1. The normalized spacial score (nSPS) is 23.3. The summed E-state index contributed by atoms with van der Waals surface area (Å²) < 4.78 is 5.15. The van der Waals surface area contributed by atoms with E-state index in [0.717, 1.165) is 22.3 Å². The highest BCUT2D eigenvalue weighted by Gasteiger charge is 2.33. The maximum Gasteiger partial charge on any atom is 0.319 e. The van der Waals surface area contributed by atoms with E-state index in [0.29, 0.717) is 0 Å². The fourth-order valence-corrected chi connectivity index (χ4v) is 3.22. The standard InChI is InChI=1S/C13H12N2O2S/c1-8-6-11(13(16)17-8)18-12-9-4-2-3-5-10(9)14-7-15-12/h2-5,7-8,11H,6H2,1H3/t8-,11+/m0/s1. The van der Waals surface area contributed by atoms with Gasteiger partial charge in [-0.2, -0.15) is 0 Å². The summed E-state index contributed by atoms with van der Waals surface area (Å²) in [4.78, 5) is 20.1. The van der Waals surface area contributed by atoms with Crippen LogP contribution in [0.5, 0.6) is 0 Å². The molecule has 1 saturated heterocycles. The Kier molecular flexibility index (Phi) is 2.91. The molecule has 2 aromatic rings. The zero-order valence-corrected chi connectivity index (χ0v) is 10.7. The summed E-state index contributed by atoms with van der Waals surface area (Å²) in [5.41, 5.74) is 0.898. The second-order valence-corrected chi connectivity index (χ2v) is 5.48. The smallest absolute Gasteiger partial charge is 0.319 e. The molecule has 1 fully saturated rings. The van der Waals surface area contributed by atoms with Crippen LogP contribution >= 0.6 is 11.8 Å². The molecule has 0 bridgehead atoms. The van der Waals surface area contributed by atoms with Crippen LogP contribution in [-0.2, 0) is 9.53 Å². The highest BCUT2D eigenvalue weighted by Crippen LogP contribution is 2.33. The Hall–Kier alpha value is -1.62. The van der Waals surface area contributed by atoms with E-state index in [9.17, 15) is 4.79 Å². The van der Waals surface area contributed by atoms with Crippen molar-refractivity contribution in [3.8, 4) is 0 Å². The molecule has 1 aliphatic heterocycles. The lowest BCUT2D eigenvalue weighted by Crippen LogP contribution is -2.09. The third kappa shape index (κ3) is 2.06. The number of fused-ring (bicyclic) bond motifs is 1. The summed E-state index contributed by atoms with van der Waals surface area (Å²) in [5.74, 6) is -0.143. The molecule has 0 aliphatic carbocycles. The van der Waals surface area contributed by atoms with Crippen molar-refractivity contribution in [2.45, 2.75) is 29.7 Å². The molecule has 18 heavy (non-hydrogen) atoms. The molecule has 1 aromatic heterocycles. The number of carbonyl (C=O) groups excluding carboxylic acids is 1. The van der Waals surface area contributed by atoms with E-state index in [2.05, 4.69) is 9.97 Å². The largest absolute Gasteiger partial charge is 0.462 e. The molecule has 2 heterocycles. The van der Waals surface area contributed by atoms with Gasteiger partial charge < -0.3 is 4.74 Å². The first kappa shape index (κ1) is 11.5. The molecule has 92 valence electrons. The molecule has 0 unspecified atom stereocenters. The van der Waals surface area contributed by atoms with Crippen molar-refractivity contribution in [3.63, 3.8) is 0 Å². The first-order valence-electron chi connectivity index (χ1n) is 5.81. The first-order valence-corrected chi connectivity index (χ1v) is 6.69. The Balaban J connectivity index is 1.93. The predicted molar refractivity (Wildman–Crippen MR) is 69.4 cm³/mol. The molecule has 1 aliphatic rings. The second-order valence-electron chi connectivity index (χ2n) is 4.29. The second kappa shape index (κ2) is 4.57. The van der Waals surface area contributed by atoms with E-state index >= 15 is 0 Å². The fourth-order valence-electron chi connectivity index (χ4n) is 2.02. The lowest BCUT2D eigenvalue weighted by molar-refractivity contribution is -0.140. The summed E-state index contributed by atoms with van der Waals surface area (Å²) in [6.45, 7) is 1.91. The monoisotopic (exact) mass is 260 g/mol. The van der Waals surface area contributed by atoms with Crippen LogP contribution in [-0.4, -0.2) is 27.3 Å². The van der Waals surface area contributed by atoms with Gasteiger partial charge in [0.2, 0.25) is 0 Å². The van der Waals surface area contributed by atoms with Gasteiger partial charge in [-0.15, -0.1) is 0 Å². The number of esters is 1. The van der Waals surface area contributed by atoms with Gasteiger partial charge in [-0.3, -0.25) is 4.79 Å². The molecule has 4 nitrogen and oxygen atoms in total. The third-order valence-electron chi connectivity index (χ3n) is 2.89. The van der Waals surface area contributed by atoms with Crippen molar-refractivity contribution in [1.29, 1.82) is 0 Å². The number of carbonyl (C=O) groups is 1. The van der Waals surface area contributed by atoms with Crippen molar-refractivity contribution in [2.75, 3.05) is 0 Å². The number of benzene rings is 1. The van der Waals surface area contributed by atoms with Crippen LogP contribution in [0.4, 0.5) is 0 Å². The molecule has 3 rings (SSSR count). The summed E-state index contributed by atoms with van der Waals surface area (Å²) in [6, 6.07) is 7.80. The maximum absolute atomic E-state index is 11.6. The van der Waals surface area contributed by atoms with Crippen molar-refractivity contribution >= 4 is 28.6 Å². The van der Waals surface area contributed by atoms with Crippen LogP contribution in [0.25, 0.3) is 10.9 Å². The maximum atomic E-state index is 11.6. The van der Waals surface area contributed by atoms with Crippen molar-refractivity contribution in [3.05, 3.63) is 30.6 Å². The van der Waals surface area contributed by atoms with Crippen molar-refractivity contribution in [2.24, 2.45) is 0 Å². The van der Waals surface area contributed by atoms with Gasteiger partial charge >= 0.3 is 5.97 Å². The van der Waals surface area contributed by atoms with E-state index < -0.39 is 0 Å². The summed E-state index contributed by atoms with van der Waals surface area (Å²) in [5, 5.41) is 1.67. The van der Waals surface area contributed by atoms with E-state index in [4.69, 9.17) is 4.74 Å². The van der Waals surface area contributed by atoms with Gasteiger partial charge in [0.15, 0.2) is 0 Å². The Morgan fingerprint density at radius 3 is 2.94 bits per heavy atom. The Bertz CT molecular complexity index is 597. The van der Waals surface area contributed by atoms with Gasteiger partial charge in [-0.05, 0) is 13.0 Å². The molecule has 1 aromatic carbocycles. The van der Waals surface area contributed by atoms with Gasteiger partial charge in [0.25, 0.3) is 0 Å². The zero-order chi connectivity index (χ0) is 12.5. The van der Waals surface area contributed by atoms with Crippen LogP contribution in [0, 0.1) is 0 Å². The molecule has 0 radical (unpaired) electrons. The van der Waals surface area contributed by atoms with Gasteiger partial charge in [0, 0.05) is 11.8 Å². The lowest BCUT2D eigenvalue weighted by Gasteiger charge is -2.06. The zero-order valence-electron chi connectivity index (χ0n) is 9.87. The number of hydrogen-bond acceptors (Lipinski definition) is 5. The minimum Gasteiger partial charge on any atom is -0.462 e. The highest BCUT2D eigenvalue weighted by molar-refractivity contribution is 8.00. The number of rotatable bonds is 2. The Labute approximate surface area is 109 Å². The summed E-state index contributed by atoms with van der Waals surface area (Å²) >= 11 is 1.47. The van der Waals surface area contributed by atoms with E-state index in [1.807, 2.05) is 31.2 Å². The molecule has 0 spiro atoms. The molecular formula is C13H12N2O2S. The summed E-state index contributed by atoms with van der Waals surface area (Å²) in [7, 11) is 0. The van der Waals surface area contributed by atoms with Gasteiger partial charge in [0.05, 0.1) is 5.52 Å². The van der Waals surface area contributed by atoms with Crippen LogP contribution in [0.2, 0.25) is 0 Å². The van der Waals surface area contributed by atoms with E-state index in [1.54, 1.807) is 0 Å². The number of para-hydroxylation sites is 1. The minimum absolute atomic E-state index is 0.00287. The van der Waals surface area contributed by atoms with Crippen molar-refractivity contribution in [1.82, 2.24) is 9.97 Å². The molecule has 0 saturated carbocycles. The SMILES string of the molecule is C[C@H]1C[C@@H](Sc2ncnc3ccccc23)C(=O)O1. The first-order chi connectivity index (χ1) is 8.74. The molecule has 0 amide bonds. The van der Waals surface area contributed by atoms with E-state index in [-0.39, 0.29) is 17.3 Å². The van der Waals surface area contributed by atoms with Crippen molar-refractivity contribution < 1.29 is 9.53 Å². The average molecular weight is 260 g/mol. The fraction of sp³-hybridized carbons (Fsp3) is 0.308. The predicted octanol–water partition coefficient (Wildman–Crippen LogP) is 2.43. The molecule has 0 N–H and O–H groups in total. The molecule has 2 atom stereocenters. The third-order valence-corrected chi connectivity index (χ3v) is 4.10. The number of ether oxygens (including phenoxy) is 1. The highest BCUT2D eigenvalue weighted by atomic mass is 32.2. The number of aromatic nitrogens is 2. The number of hydrogen-bond donors (Lipinski definition) is 0. The van der Waals surface area contributed by atoms with Crippen LogP contribution < -0.4 is 0 Å². The Morgan fingerprint density at radius 1 is 1.33 bits per heavy atom. The van der Waals surface area contributed by atoms with Crippen LogP contribution in [0.1, 0.15) is 13.3 Å². The van der Waals surface area contributed by atoms with Crippen LogP contribution in [0.15, 0.2) is 35.6 Å². The quantitative estimate of drug-likeness (QED) is 0.613. The topological polar surface area (TPSA) is 52.1 Å². The average Bonchev–Trinajstić information content (AvgIpc) is 2.68. The number of nitrogens with zero attached hydrogens (tertiary/aromatic N) is 2.